The van der Waals surface area contributed by atoms with Crippen LogP contribution in [0.1, 0.15) is 67.3 Å². The van der Waals surface area contributed by atoms with E-state index in [1.54, 1.807) is 6.08 Å². The van der Waals surface area contributed by atoms with Gasteiger partial charge in [0.05, 0.1) is 17.4 Å². The summed E-state index contributed by atoms with van der Waals surface area (Å²) in [5.74, 6) is -2.74. The molecule has 3 rings (SSSR count). The van der Waals surface area contributed by atoms with E-state index in [4.69, 9.17) is 5.73 Å². The Morgan fingerprint density at radius 3 is 2.48 bits per heavy atom. The first-order valence-corrected chi connectivity index (χ1v) is 11.1. The Morgan fingerprint density at radius 1 is 1.24 bits per heavy atom. The maximum Gasteiger partial charge on any atom is 0.307 e. The second-order valence-electron chi connectivity index (χ2n) is 8.84. The number of aliphatic carboxylic acids is 1. The highest BCUT2D eigenvalue weighted by molar-refractivity contribution is 7.17. The summed E-state index contributed by atoms with van der Waals surface area (Å²) in [4.78, 5) is 37.7. The molecule has 0 fully saturated rings. The Bertz CT molecular complexity index is 855. The molecule has 29 heavy (non-hydrogen) atoms. The van der Waals surface area contributed by atoms with E-state index in [0.29, 0.717) is 29.3 Å². The van der Waals surface area contributed by atoms with E-state index < -0.39 is 23.7 Å². The number of anilines is 1. The van der Waals surface area contributed by atoms with Crippen molar-refractivity contribution >= 4 is 34.1 Å². The van der Waals surface area contributed by atoms with Crippen LogP contribution in [-0.2, 0) is 22.4 Å². The van der Waals surface area contributed by atoms with Crippen molar-refractivity contribution in [2.24, 2.45) is 28.9 Å². The van der Waals surface area contributed by atoms with Crippen molar-refractivity contribution < 1.29 is 19.5 Å². The molecule has 2 amide bonds. The van der Waals surface area contributed by atoms with E-state index in [2.05, 4.69) is 26.1 Å². The Hall–Kier alpha value is -2.15. The fourth-order valence-electron chi connectivity index (χ4n) is 4.47. The first-order valence-electron chi connectivity index (χ1n) is 10.3. The summed E-state index contributed by atoms with van der Waals surface area (Å²) < 4.78 is 0. The summed E-state index contributed by atoms with van der Waals surface area (Å²) in [6.07, 6.45) is 8.09. The summed E-state index contributed by atoms with van der Waals surface area (Å²) in [6, 6.07) is 0. The van der Waals surface area contributed by atoms with Crippen LogP contribution in [0, 0.1) is 23.2 Å². The lowest BCUT2D eigenvalue weighted by Gasteiger charge is -2.36. The van der Waals surface area contributed by atoms with Crippen LogP contribution in [0.4, 0.5) is 5.00 Å². The molecule has 4 N–H and O–H groups in total. The third-order valence-corrected chi connectivity index (χ3v) is 8.02. The lowest BCUT2D eigenvalue weighted by molar-refractivity contribution is -0.146. The third-order valence-electron chi connectivity index (χ3n) is 6.85. The molecule has 0 aromatic carbocycles. The Morgan fingerprint density at radius 2 is 1.90 bits per heavy atom. The van der Waals surface area contributed by atoms with Crippen molar-refractivity contribution in [3.8, 4) is 0 Å². The maximum atomic E-state index is 12.9. The van der Waals surface area contributed by atoms with Crippen LogP contribution in [0.2, 0.25) is 0 Å². The zero-order valence-electron chi connectivity index (χ0n) is 17.3. The Labute approximate surface area is 175 Å². The second-order valence-corrected chi connectivity index (χ2v) is 9.94. The number of carboxylic acids is 1. The van der Waals surface area contributed by atoms with Crippen molar-refractivity contribution in [3.05, 3.63) is 28.2 Å². The van der Waals surface area contributed by atoms with Crippen LogP contribution in [0.15, 0.2) is 12.2 Å². The predicted molar refractivity (Wildman–Crippen MR) is 114 cm³/mol. The maximum absolute atomic E-state index is 12.9. The summed E-state index contributed by atoms with van der Waals surface area (Å²) in [6.45, 7) is 6.75. The van der Waals surface area contributed by atoms with Gasteiger partial charge < -0.3 is 16.2 Å². The van der Waals surface area contributed by atoms with Gasteiger partial charge in [0, 0.05) is 4.88 Å². The predicted octanol–water partition coefficient (Wildman–Crippen LogP) is 3.99. The molecule has 0 bridgehead atoms. The standard InChI is InChI=1S/C22H30N2O4S/c1-4-22(2,3)12-9-10-15-16(11-12)29-20(17(15)18(23)25)24-19(26)13-7-5-6-8-14(13)21(27)28/h5-6,12-14H,4,7-11H2,1-3H3,(H2,23,25)(H,24,26)(H,27,28). The molecular weight excluding hydrogens is 388 g/mol. The first kappa shape index (κ1) is 21.6. The Kier molecular flexibility index (Phi) is 6.17. The SMILES string of the molecule is CCC(C)(C)C1CCc2c(sc(NC(=O)C3CC=CCC3C(=O)O)c2C(N)=O)C1. The lowest BCUT2D eigenvalue weighted by atomic mass is 9.69. The minimum Gasteiger partial charge on any atom is -0.481 e. The summed E-state index contributed by atoms with van der Waals surface area (Å²) in [7, 11) is 0. The third kappa shape index (κ3) is 4.25. The number of hydrogen-bond donors (Lipinski definition) is 3. The monoisotopic (exact) mass is 418 g/mol. The van der Waals surface area contributed by atoms with Crippen LogP contribution in [0.3, 0.4) is 0 Å². The highest BCUT2D eigenvalue weighted by Crippen LogP contribution is 2.45. The molecule has 2 aliphatic rings. The van der Waals surface area contributed by atoms with Gasteiger partial charge in [0.2, 0.25) is 5.91 Å². The number of carbonyl (C=O) groups is 3. The largest absolute Gasteiger partial charge is 0.481 e. The number of nitrogens with one attached hydrogen (secondary N) is 1. The fourth-order valence-corrected chi connectivity index (χ4v) is 5.81. The van der Waals surface area contributed by atoms with E-state index in [1.165, 1.54) is 11.3 Å². The van der Waals surface area contributed by atoms with Crippen molar-refractivity contribution in [2.75, 3.05) is 5.32 Å². The zero-order chi connectivity index (χ0) is 21.3. The quantitative estimate of drug-likeness (QED) is 0.607. The molecule has 158 valence electrons. The number of primary amides is 1. The van der Waals surface area contributed by atoms with Crippen LogP contribution < -0.4 is 11.1 Å². The van der Waals surface area contributed by atoms with Gasteiger partial charge in [-0.3, -0.25) is 14.4 Å². The van der Waals surface area contributed by atoms with Gasteiger partial charge in [0.15, 0.2) is 0 Å². The minimum absolute atomic E-state index is 0.209. The van der Waals surface area contributed by atoms with Crippen LogP contribution in [0.5, 0.6) is 0 Å². The number of thiophene rings is 1. The van der Waals surface area contributed by atoms with Crippen molar-refractivity contribution in [1.29, 1.82) is 0 Å². The van der Waals surface area contributed by atoms with E-state index in [9.17, 15) is 19.5 Å². The van der Waals surface area contributed by atoms with E-state index in [-0.39, 0.29) is 11.3 Å². The topological polar surface area (TPSA) is 109 Å². The highest BCUT2D eigenvalue weighted by atomic mass is 32.1. The first-order chi connectivity index (χ1) is 13.7. The molecule has 1 aromatic heterocycles. The zero-order valence-corrected chi connectivity index (χ0v) is 18.1. The van der Waals surface area contributed by atoms with Gasteiger partial charge >= 0.3 is 5.97 Å². The highest BCUT2D eigenvalue weighted by Gasteiger charge is 2.37. The molecule has 0 spiro atoms. The summed E-state index contributed by atoms with van der Waals surface area (Å²) >= 11 is 1.42. The minimum atomic E-state index is -0.972. The normalized spacial score (nSPS) is 24.0. The summed E-state index contributed by atoms with van der Waals surface area (Å²) in [5, 5.41) is 12.8. The average molecular weight is 419 g/mol. The van der Waals surface area contributed by atoms with E-state index in [0.717, 1.165) is 36.1 Å². The van der Waals surface area contributed by atoms with Crippen LogP contribution >= 0.6 is 11.3 Å². The van der Waals surface area contributed by atoms with Gasteiger partial charge in [-0.25, -0.2) is 0 Å². The van der Waals surface area contributed by atoms with E-state index >= 15 is 0 Å². The second kappa shape index (κ2) is 8.30. The van der Waals surface area contributed by atoms with Gasteiger partial charge in [-0.1, -0.05) is 39.3 Å². The molecular formula is C22H30N2O4S. The van der Waals surface area contributed by atoms with Gasteiger partial charge in [0.25, 0.3) is 5.91 Å². The molecule has 0 radical (unpaired) electrons. The number of nitrogens with two attached hydrogens (primary N) is 1. The molecule has 0 saturated carbocycles. The van der Waals surface area contributed by atoms with Crippen molar-refractivity contribution in [3.63, 3.8) is 0 Å². The molecule has 2 aliphatic carbocycles. The van der Waals surface area contributed by atoms with Gasteiger partial charge in [0.1, 0.15) is 5.00 Å². The number of amides is 2. The van der Waals surface area contributed by atoms with E-state index in [1.807, 2.05) is 6.08 Å². The van der Waals surface area contributed by atoms with Gasteiger partial charge in [-0.15, -0.1) is 11.3 Å². The van der Waals surface area contributed by atoms with Crippen LogP contribution in [-0.4, -0.2) is 22.9 Å². The van der Waals surface area contributed by atoms with Crippen molar-refractivity contribution in [1.82, 2.24) is 0 Å². The van der Waals surface area contributed by atoms with Crippen molar-refractivity contribution in [2.45, 2.75) is 59.3 Å². The molecule has 0 aliphatic heterocycles. The smallest absolute Gasteiger partial charge is 0.307 e. The molecule has 3 atom stereocenters. The average Bonchev–Trinajstić information content (AvgIpc) is 3.04. The number of rotatable bonds is 6. The number of carbonyl (C=O) groups excluding carboxylic acids is 2. The Balaban J connectivity index is 1.87. The molecule has 7 heteroatoms. The molecule has 1 aromatic rings. The lowest BCUT2D eigenvalue weighted by Crippen LogP contribution is -2.35. The molecule has 0 saturated heterocycles. The van der Waals surface area contributed by atoms with Gasteiger partial charge in [-0.2, -0.15) is 0 Å². The summed E-state index contributed by atoms with van der Waals surface area (Å²) in [5.41, 5.74) is 7.24. The molecule has 3 unspecified atom stereocenters. The molecule has 1 heterocycles. The number of fused-ring (bicyclic) bond motifs is 1. The fraction of sp³-hybridized carbons (Fsp3) is 0.591. The number of allylic oxidation sites excluding steroid dienone is 2. The number of hydrogen-bond acceptors (Lipinski definition) is 4. The number of carboxylic acid groups (broad SMARTS) is 1. The van der Waals surface area contributed by atoms with Gasteiger partial charge in [-0.05, 0) is 49.0 Å². The molecule has 6 nitrogen and oxygen atoms in total. The van der Waals surface area contributed by atoms with Crippen LogP contribution in [0.25, 0.3) is 0 Å².